The number of aromatic nitrogens is 3. The molecular formula is C19H19N7O4. The molecule has 11 nitrogen and oxygen atoms in total. The Morgan fingerprint density at radius 3 is 2.57 bits per heavy atom. The molecule has 0 atom stereocenters. The average molecular weight is 409 g/mol. The summed E-state index contributed by atoms with van der Waals surface area (Å²) in [5.41, 5.74) is 0.969. The number of amides is 2. The van der Waals surface area contributed by atoms with Gasteiger partial charge in [-0.05, 0) is 24.3 Å². The maximum Gasteiger partial charge on any atom is 0.293 e. The van der Waals surface area contributed by atoms with E-state index in [0.717, 1.165) is 0 Å². The molecule has 2 amide bonds. The number of fused-ring (bicyclic) bond motifs is 1. The number of nitrogens with one attached hydrogen (secondary N) is 1. The Hall–Kier alpha value is -4.02. The number of nitro groups is 1. The van der Waals surface area contributed by atoms with Gasteiger partial charge in [0, 0.05) is 50.9 Å². The lowest BCUT2D eigenvalue weighted by Crippen LogP contribution is -2.48. The fraction of sp³-hybridized carbons (Fsp3) is 0.263. The molecule has 0 bridgehead atoms. The summed E-state index contributed by atoms with van der Waals surface area (Å²) in [6.45, 7) is 3.46. The van der Waals surface area contributed by atoms with Gasteiger partial charge >= 0.3 is 0 Å². The highest BCUT2D eigenvalue weighted by molar-refractivity contribution is 6.04. The van der Waals surface area contributed by atoms with Gasteiger partial charge in [0.05, 0.1) is 4.92 Å². The number of benzene rings is 1. The van der Waals surface area contributed by atoms with E-state index in [4.69, 9.17) is 0 Å². The molecule has 0 saturated carbocycles. The molecule has 3 aromatic rings. The van der Waals surface area contributed by atoms with E-state index in [2.05, 4.69) is 15.5 Å². The third kappa shape index (κ3) is 3.64. The van der Waals surface area contributed by atoms with E-state index in [-0.39, 0.29) is 23.1 Å². The third-order valence-electron chi connectivity index (χ3n) is 5.04. The molecule has 0 aliphatic carbocycles. The maximum atomic E-state index is 12.7. The summed E-state index contributed by atoms with van der Waals surface area (Å²) in [6.07, 6.45) is 1.71. The van der Waals surface area contributed by atoms with Crippen molar-refractivity contribution in [1.29, 1.82) is 0 Å². The fourth-order valence-corrected chi connectivity index (χ4v) is 3.44. The van der Waals surface area contributed by atoms with Crippen molar-refractivity contribution in [2.75, 3.05) is 36.4 Å². The second kappa shape index (κ2) is 7.78. The molecule has 154 valence electrons. The van der Waals surface area contributed by atoms with Crippen LogP contribution in [0, 0.1) is 10.1 Å². The minimum Gasteiger partial charge on any atom is -0.362 e. The molecule has 1 aliphatic heterocycles. The molecule has 1 N–H and O–H groups in total. The van der Waals surface area contributed by atoms with Gasteiger partial charge in [0.2, 0.25) is 11.9 Å². The van der Waals surface area contributed by atoms with E-state index in [0.29, 0.717) is 37.5 Å². The first-order chi connectivity index (χ1) is 14.4. The highest BCUT2D eigenvalue weighted by atomic mass is 16.6. The summed E-state index contributed by atoms with van der Waals surface area (Å²) in [7, 11) is 0. The van der Waals surface area contributed by atoms with E-state index < -0.39 is 10.8 Å². The Morgan fingerprint density at radius 2 is 1.87 bits per heavy atom. The van der Waals surface area contributed by atoms with E-state index in [1.54, 1.807) is 39.8 Å². The van der Waals surface area contributed by atoms with Crippen molar-refractivity contribution in [3.8, 4) is 0 Å². The van der Waals surface area contributed by atoms with Crippen LogP contribution in [0.5, 0.6) is 0 Å². The number of piperazine rings is 1. The van der Waals surface area contributed by atoms with Crippen molar-refractivity contribution in [3.63, 3.8) is 0 Å². The first-order valence-electron chi connectivity index (χ1n) is 9.34. The Balaban J connectivity index is 1.56. The smallest absolute Gasteiger partial charge is 0.293 e. The van der Waals surface area contributed by atoms with Gasteiger partial charge in [-0.1, -0.05) is 6.07 Å². The van der Waals surface area contributed by atoms with Crippen molar-refractivity contribution >= 4 is 34.8 Å². The van der Waals surface area contributed by atoms with Gasteiger partial charge in [-0.25, -0.2) is 0 Å². The number of hydrogen-bond acceptors (Lipinski definition) is 7. The molecule has 1 fully saturated rings. The highest BCUT2D eigenvalue weighted by Crippen LogP contribution is 2.30. The largest absolute Gasteiger partial charge is 0.362 e. The fourth-order valence-electron chi connectivity index (χ4n) is 3.44. The van der Waals surface area contributed by atoms with Crippen LogP contribution in [0.3, 0.4) is 0 Å². The summed E-state index contributed by atoms with van der Waals surface area (Å²) >= 11 is 0. The van der Waals surface area contributed by atoms with E-state index in [1.807, 2.05) is 4.90 Å². The van der Waals surface area contributed by atoms with Gasteiger partial charge in [-0.3, -0.25) is 29.4 Å². The van der Waals surface area contributed by atoms with Crippen LogP contribution in [0.4, 0.5) is 17.3 Å². The summed E-state index contributed by atoms with van der Waals surface area (Å²) in [6, 6.07) is 9.68. The quantitative estimate of drug-likeness (QED) is 0.512. The van der Waals surface area contributed by atoms with Gasteiger partial charge < -0.3 is 9.80 Å². The normalized spacial score (nSPS) is 14.0. The Morgan fingerprint density at radius 1 is 1.10 bits per heavy atom. The number of rotatable bonds is 4. The summed E-state index contributed by atoms with van der Waals surface area (Å²) in [5.74, 6) is -0.316. The Labute approximate surface area is 171 Å². The van der Waals surface area contributed by atoms with E-state index in [1.165, 1.54) is 19.1 Å². The monoisotopic (exact) mass is 409 g/mol. The zero-order valence-corrected chi connectivity index (χ0v) is 16.2. The molecule has 1 aromatic carbocycles. The van der Waals surface area contributed by atoms with E-state index >= 15 is 0 Å². The second-order valence-electron chi connectivity index (χ2n) is 6.86. The second-order valence-corrected chi connectivity index (χ2v) is 6.86. The van der Waals surface area contributed by atoms with Crippen molar-refractivity contribution in [2.24, 2.45) is 0 Å². The van der Waals surface area contributed by atoms with Crippen LogP contribution in [-0.4, -0.2) is 62.4 Å². The van der Waals surface area contributed by atoms with Crippen molar-refractivity contribution in [2.45, 2.75) is 6.92 Å². The van der Waals surface area contributed by atoms with Gasteiger partial charge in [0.15, 0.2) is 5.65 Å². The zero-order valence-electron chi connectivity index (χ0n) is 16.2. The molecule has 0 unspecified atom stereocenters. The first-order valence-corrected chi connectivity index (χ1v) is 9.34. The van der Waals surface area contributed by atoms with Crippen molar-refractivity contribution in [1.82, 2.24) is 19.5 Å². The molecule has 2 aromatic heterocycles. The van der Waals surface area contributed by atoms with Crippen LogP contribution in [0.1, 0.15) is 17.3 Å². The van der Waals surface area contributed by atoms with Crippen LogP contribution >= 0.6 is 0 Å². The maximum absolute atomic E-state index is 12.7. The Bertz CT molecular complexity index is 1130. The topological polar surface area (TPSA) is 126 Å². The number of carbonyl (C=O) groups is 2. The van der Waals surface area contributed by atoms with Crippen molar-refractivity contribution in [3.05, 3.63) is 58.3 Å². The molecule has 4 rings (SSSR count). The number of nitro benzene ring substituents is 1. The predicted octanol–water partition coefficient (Wildman–Crippen LogP) is 1.56. The Kier molecular flexibility index (Phi) is 5.00. The van der Waals surface area contributed by atoms with Gasteiger partial charge in [0.25, 0.3) is 11.6 Å². The molecule has 11 heteroatoms. The van der Waals surface area contributed by atoms with Gasteiger partial charge in [-0.2, -0.15) is 0 Å². The van der Waals surface area contributed by atoms with Crippen LogP contribution in [-0.2, 0) is 4.79 Å². The molecule has 30 heavy (non-hydrogen) atoms. The summed E-state index contributed by atoms with van der Waals surface area (Å²) in [5, 5.41) is 22.2. The lowest BCUT2D eigenvalue weighted by Gasteiger charge is -2.35. The number of anilines is 2. The lowest BCUT2D eigenvalue weighted by atomic mass is 10.1. The number of nitrogens with zero attached hydrogens (tertiary/aromatic N) is 6. The van der Waals surface area contributed by atoms with Crippen LogP contribution in [0.15, 0.2) is 42.6 Å². The first kappa shape index (κ1) is 19.3. The summed E-state index contributed by atoms with van der Waals surface area (Å²) in [4.78, 5) is 38.9. The molecule has 3 heterocycles. The van der Waals surface area contributed by atoms with Gasteiger partial charge in [-0.15, -0.1) is 10.2 Å². The minimum absolute atomic E-state index is 0.0165. The third-order valence-corrected chi connectivity index (χ3v) is 5.04. The van der Waals surface area contributed by atoms with E-state index in [9.17, 15) is 19.7 Å². The lowest BCUT2D eigenvalue weighted by molar-refractivity contribution is -0.384. The highest BCUT2D eigenvalue weighted by Gasteiger charge is 2.26. The molecule has 0 radical (unpaired) electrons. The summed E-state index contributed by atoms with van der Waals surface area (Å²) < 4.78 is 1.61. The van der Waals surface area contributed by atoms with Crippen LogP contribution < -0.4 is 10.2 Å². The number of pyridine rings is 1. The van der Waals surface area contributed by atoms with Gasteiger partial charge in [0.1, 0.15) is 5.69 Å². The molecule has 0 spiro atoms. The SMILES string of the molecule is CC(=O)N1CCN(c2ccc(C(=O)Nc3nnc4ccccn34)cc2[N+](=O)[O-])CC1. The predicted molar refractivity (Wildman–Crippen MR) is 109 cm³/mol. The van der Waals surface area contributed by atoms with Crippen LogP contribution in [0.25, 0.3) is 5.65 Å². The molecule has 1 saturated heterocycles. The average Bonchev–Trinajstić information content (AvgIpc) is 3.16. The van der Waals surface area contributed by atoms with Crippen LogP contribution in [0.2, 0.25) is 0 Å². The molecule has 1 aliphatic rings. The number of carbonyl (C=O) groups excluding carboxylic acids is 2. The minimum atomic E-state index is -0.524. The zero-order chi connectivity index (χ0) is 21.3. The molecular weight excluding hydrogens is 390 g/mol. The number of hydrogen-bond donors (Lipinski definition) is 1. The standard InChI is InChI=1S/C19H19N7O4/c1-13(27)23-8-10-24(11-9-23)15-6-5-14(12-16(15)26(29)30)18(28)20-19-22-21-17-4-2-3-7-25(17)19/h2-7,12H,8-11H2,1H3,(H,20,22,28). The van der Waals surface area contributed by atoms with Crippen molar-refractivity contribution < 1.29 is 14.5 Å².